The number of benzene rings is 3. The summed E-state index contributed by atoms with van der Waals surface area (Å²) in [7, 11) is 0. The van der Waals surface area contributed by atoms with Crippen molar-refractivity contribution in [2.75, 3.05) is 6.54 Å². The summed E-state index contributed by atoms with van der Waals surface area (Å²) in [5, 5.41) is 6.69. The van der Waals surface area contributed by atoms with Crippen molar-refractivity contribution in [3.05, 3.63) is 89.2 Å². The molecule has 0 radical (unpaired) electrons. The van der Waals surface area contributed by atoms with Crippen molar-refractivity contribution in [2.24, 2.45) is 0 Å². The maximum Gasteiger partial charge on any atom is 0.254 e. The Kier molecular flexibility index (Phi) is 3.97. The number of carbonyl (C=O) groups is 1. The Bertz CT molecular complexity index is 1170. The standard InChI is InChI=1S/C24H20N2O2/c1-16-9-11-18(12-10-16)24(27)26-14-13-22-21(15-26)23(25-28-22)20-8-4-6-17-5-2-3-7-19(17)20/h2-12H,13-15H2,1H3. The molecule has 4 nitrogen and oxygen atoms in total. The van der Waals surface area contributed by atoms with Crippen molar-refractivity contribution in [3.63, 3.8) is 0 Å². The second kappa shape index (κ2) is 6.64. The molecule has 3 aromatic carbocycles. The highest BCUT2D eigenvalue weighted by Crippen LogP contribution is 2.34. The van der Waals surface area contributed by atoms with Crippen molar-refractivity contribution in [1.29, 1.82) is 0 Å². The molecule has 5 rings (SSSR count). The van der Waals surface area contributed by atoms with Gasteiger partial charge in [-0.15, -0.1) is 0 Å². The van der Waals surface area contributed by atoms with E-state index in [9.17, 15) is 4.79 Å². The second-order valence-corrected chi connectivity index (χ2v) is 7.30. The summed E-state index contributed by atoms with van der Waals surface area (Å²) in [4.78, 5) is 14.9. The molecule has 0 atom stereocenters. The summed E-state index contributed by atoms with van der Waals surface area (Å²) in [6, 6.07) is 22.2. The largest absolute Gasteiger partial charge is 0.360 e. The molecule has 28 heavy (non-hydrogen) atoms. The summed E-state index contributed by atoms with van der Waals surface area (Å²) in [6.45, 7) is 3.18. The molecule has 0 fully saturated rings. The van der Waals surface area contributed by atoms with Crippen LogP contribution in [0.5, 0.6) is 0 Å². The van der Waals surface area contributed by atoms with Crippen molar-refractivity contribution < 1.29 is 9.32 Å². The van der Waals surface area contributed by atoms with Gasteiger partial charge in [-0.1, -0.05) is 65.3 Å². The second-order valence-electron chi connectivity index (χ2n) is 7.30. The van der Waals surface area contributed by atoms with E-state index >= 15 is 0 Å². The average Bonchev–Trinajstić information content (AvgIpc) is 3.16. The Hall–Kier alpha value is -3.40. The van der Waals surface area contributed by atoms with Crippen LogP contribution in [0.25, 0.3) is 22.0 Å². The fourth-order valence-electron chi connectivity index (χ4n) is 3.90. The molecule has 0 spiro atoms. The number of rotatable bonds is 2. The summed E-state index contributed by atoms with van der Waals surface area (Å²) < 4.78 is 5.65. The molecule has 4 aromatic rings. The highest BCUT2D eigenvalue weighted by molar-refractivity contribution is 5.97. The van der Waals surface area contributed by atoms with Crippen molar-refractivity contribution in [2.45, 2.75) is 19.9 Å². The molecule has 0 aliphatic carbocycles. The monoisotopic (exact) mass is 368 g/mol. The predicted molar refractivity (Wildman–Crippen MR) is 109 cm³/mol. The van der Waals surface area contributed by atoms with Crippen LogP contribution in [-0.2, 0) is 13.0 Å². The minimum atomic E-state index is 0.0516. The SMILES string of the molecule is Cc1ccc(C(=O)N2CCc3onc(-c4cccc5ccccc45)c3C2)cc1. The third-order valence-electron chi connectivity index (χ3n) is 5.46. The van der Waals surface area contributed by atoms with E-state index in [0.29, 0.717) is 19.5 Å². The molecular formula is C24H20N2O2. The Labute approximate surface area is 163 Å². The third kappa shape index (κ3) is 2.78. The molecule has 0 saturated heterocycles. The van der Waals surface area contributed by atoms with E-state index in [4.69, 9.17) is 4.52 Å². The minimum absolute atomic E-state index is 0.0516. The Morgan fingerprint density at radius 2 is 1.79 bits per heavy atom. The van der Waals surface area contributed by atoms with Crippen molar-refractivity contribution in [3.8, 4) is 11.3 Å². The summed E-state index contributed by atoms with van der Waals surface area (Å²) >= 11 is 0. The van der Waals surface area contributed by atoms with Gasteiger partial charge >= 0.3 is 0 Å². The summed E-state index contributed by atoms with van der Waals surface area (Å²) in [6.07, 6.45) is 0.685. The smallest absolute Gasteiger partial charge is 0.254 e. The lowest BCUT2D eigenvalue weighted by atomic mass is 9.96. The van der Waals surface area contributed by atoms with Crippen LogP contribution in [0.4, 0.5) is 0 Å². The number of nitrogens with zero attached hydrogens (tertiary/aromatic N) is 2. The lowest BCUT2D eigenvalue weighted by Crippen LogP contribution is -2.35. The van der Waals surface area contributed by atoms with Gasteiger partial charge in [-0.05, 0) is 29.8 Å². The predicted octanol–water partition coefficient (Wildman–Crippen LogP) is 5.00. The molecule has 2 heterocycles. The van der Waals surface area contributed by atoms with Crippen LogP contribution in [0.1, 0.15) is 27.2 Å². The van der Waals surface area contributed by atoms with Gasteiger partial charge in [0.05, 0.1) is 6.54 Å². The molecular weight excluding hydrogens is 348 g/mol. The van der Waals surface area contributed by atoms with Gasteiger partial charge in [0.1, 0.15) is 11.5 Å². The average molecular weight is 368 g/mol. The molecule has 1 aliphatic rings. The number of hydrogen-bond donors (Lipinski definition) is 0. The lowest BCUT2D eigenvalue weighted by Gasteiger charge is -2.26. The van der Waals surface area contributed by atoms with E-state index in [1.165, 1.54) is 5.39 Å². The zero-order valence-corrected chi connectivity index (χ0v) is 15.7. The van der Waals surface area contributed by atoms with E-state index in [1.54, 1.807) is 0 Å². The molecule has 0 unspecified atom stereocenters. The van der Waals surface area contributed by atoms with E-state index in [1.807, 2.05) is 54.3 Å². The van der Waals surface area contributed by atoms with Crippen LogP contribution in [-0.4, -0.2) is 22.5 Å². The van der Waals surface area contributed by atoms with Gasteiger partial charge < -0.3 is 9.42 Å². The van der Waals surface area contributed by atoms with Crippen LogP contribution in [0.3, 0.4) is 0 Å². The topological polar surface area (TPSA) is 46.3 Å². The first-order valence-electron chi connectivity index (χ1n) is 9.52. The minimum Gasteiger partial charge on any atom is -0.360 e. The highest BCUT2D eigenvalue weighted by Gasteiger charge is 2.28. The van der Waals surface area contributed by atoms with Gasteiger partial charge in [0.25, 0.3) is 5.91 Å². The molecule has 0 bridgehead atoms. The van der Waals surface area contributed by atoms with Gasteiger partial charge in [0.15, 0.2) is 0 Å². The molecule has 1 amide bonds. The van der Waals surface area contributed by atoms with E-state index < -0.39 is 0 Å². The van der Waals surface area contributed by atoms with Crippen LogP contribution in [0.2, 0.25) is 0 Å². The summed E-state index contributed by atoms with van der Waals surface area (Å²) in [5.74, 6) is 0.937. The third-order valence-corrected chi connectivity index (χ3v) is 5.46. The van der Waals surface area contributed by atoms with Gasteiger partial charge in [0.2, 0.25) is 0 Å². The fourth-order valence-corrected chi connectivity index (χ4v) is 3.90. The molecule has 1 aliphatic heterocycles. The van der Waals surface area contributed by atoms with Gasteiger partial charge in [-0.2, -0.15) is 0 Å². The van der Waals surface area contributed by atoms with Gasteiger partial charge in [-0.3, -0.25) is 4.79 Å². The number of aryl methyl sites for hydroxylation is 1. The number of hydrogen-bond acceptors (Lipinski definition) is 3. The lowest BCUT2D eigenvalue weighted by molar-refractivity contribution is 0.0729. The van der Waals surface area contributed by atoms with E-state index in [-0.39, 0.29) is 5.91 Å². The maximum atomic E-state index is 13.0. The highest BCUT2D eigenvalue weighted by atomic mass is 16.5. The molecule has 1 aromatic heterocycles. The van der Waals surface area contributed by atoms with Crippen LogP contribution < -0.4 is 0 Å². The van der Waals surface area contributed by atoms with E-state index in [0.717, 1.165) is 39.1 Å². The zero-order chi connectivity index (χ0) is 19.1. The molecule has 4 heteroatoms. The molecule has 0 N–H and O–H groups in total. The number of fused-ring (bicyclic) bond motifs is 2. The first-order valence-corrected chi connectivity index (χ1v) is 9.52. The first-order chi connectivity index (χ1) is 13.7. The van der Waals surface area contributed by atoms with Gasteiger partial charge in [-0.25, -0.2) is 0 Å². The number of aromatic nitrogens is 1. The van der Waals surface area contributed by atoms with Gasteiger partial charge in [0, 0.05) is 29.7 Å². The Balaban J connectivity index is 1.52. The van der Waals surface area contributed by atoms with E-state index in [2.05, 4.69) is 29.4 Å². The van der Waals surface area contributed by atoms with Crippen LogP contribution in [0.15, 0.2) is 71.3 Å². The van der Waals surface area contributed by atoms with Crippen LogP contribution >= 0.6 is 0 Å². The number of carbonyl (C=O) groups excluding carboxylic acids is 1. The van der Waals surface area contributed by atoms with Crippen molar-refractivity contribution >= 4 is 16.7 Å². The molecule has 0 saturated carbocycles. The Morgan fingerprint density at radius 1 is 1.00 bits per heavy atom. The maximum absolute atomic E-state index is 13.0. The quantitative estimate of drug-likeness (QED) is 0.500. The molecule has 138 valence electrons. The van der Waals surface area contributed by atoms with Crippen LogP contribution in [0, 0.1) is 6.92 Å². The first kappa shape index (κ1) is 16.8. The number of amides is 1. The Morgan fingerprint density at radius 3 is 2.64 bits per heavy atom. The fraction of sp³-hybridized carbons (Fsp3) is 0.167. The van der Waals surface area contributed by atoms with Crippen molar-refractivity contribution in [1.82, 2.24) is 10.1 Å². The summed E-state index contributed by atoms with van der Waals surface area (Å²) in [5.41, 5.74) is 4.77. The normalized spacial score (nSPS) is 13.5. The zero-order valence-electron chi connectivity index (χ0n) is 15.7.